The Hall–Kier alpha value is -4.33. The molecule has 0 radical (unpaired) electrons. The Labute approximate surface area is 268 Å². The van der Waals surface area contributed by atoms with Gasteiger partial charge in [0.15, 0.2) is 0 Å². The van der Waals surface area contributed by atoms with E-state index in [9.17, 15) is 14.4 Å². The molecule has 3 aromatic carbocycles. The molecule has 2 N–H and O–H groups in total. The fourth-order valence-corrected chi connectivity index (χ4v) is 5.24. The van der Waals surface area contributed by atoms with Gasteiger partial charge < -0.3 is 25.0 Å². The van der Waals surface area contributed by atoms with Crippen LogP contribution in [0, 0.1) is 13.8 Å². The van der Waals surface area contributed by atoms with Crippen LogP contribution in [0.4, 0.5) is 10.5 Å². The summed E-state index contributed by atoms with van der Waals surface area (Å²) >= 11 is 0. The summed E-state index contributed by atoms with van der Waals surface area (Å²) in [6, 6.07) is 20.6. The fourth-order valence-electron chi connectivity index (χ4n) is 5.24. The minimum Gasteiger partial charge on any atom is -0.497 e. The van der Waals surface area contributed by atoms with Crippen LogP contribution in [0.25, 0.3) is 0 Å². The van der Waals surface area contributed by atoms with Crippen LogP contribution in [0.2, 0.25) is 0 Å². The van der Waals surface area contributed by atoms with E-state index in [0.29, 0.717) is 24.4 Å². The Balaban J connectivity index is 2.09. The summed E-state index contributed by atoms with van der Waals surface area (Å²) in [5.41, 5.74) is 3.40. The van der Waals surface area contributed by atoms with Gasteiger partial charge in [0.05, 0.1) is 7.11 Å². The van der Waals surface area contributed by atoms with Crippen LogP contribution in [0.15, 0.2) is 72.8 Å². The topological polar surface area (TPSA) is 97.0 Å². The van der Waals surface area contributed by atoms with E-state index in [1.165, 1.54) is 0 Å². The van der Waals surface area contributed by atoms with E-state index in [0.717, 1.165) is 41.5 Å². The van der Waals surface area contributed by atoms with Gasteiger partial charge >= 0.3 is 6.09 Å². The molecule has 3 amide bonds. The van der Waals surface area contributed by atoms with Crippen LogP contribution in [0.3, 0.4) is 0 Å². The predicted molar refractivity (Wildman–Crippen MR) is 179 cm³/mol. The first kappa shape index (κ1) is 35.2. The fraction of sp³-hybridized carbons (Fsp3) is 0.432. The number of carbonyl (C=O) groups excluding carboxylic acids is 3. The zero-order valence-electron chi connectivity index (χ0n) is 27.8. The molecular formula is C37H49N3O5. The Bertz CT molecular complexity index is 1400. The van der Waals surface area contributed by atoms with Crippen LogP contribution >= 0.6 is 0 Å². The molecule has 0 aliphatic rings. The number of anilines is 1. The van der Waals surface area contributed by atoms with Crippen LogP contribution < -0.4 is 15.4 Å². The third-order valence-electron chi connectivity index (χ3n) is 7.44. The van der Waals surface area contributed by atoms with Crippen molar-refractivity contribution >= 4 is 23.6 Å². The third kappa shape index (κ3) is 11.0. The monoisotopic (exact) mass is 615 g/mol. The molecule has 0 bridgehead atoms. The van der Waals surface area contributed by atoms with Gasteiger partial charge in [-0.25, -0.2) is 4.79 Å². The smallest absolute Gasteiger partial charge is 0.408 e. The minimum absolute atomic E-state index is 0.240. The van der Waals surface area contributed by atoms with Crippen molar-refractivity contribution in [2.45, 2.75) is 91.3 Å². The second-order valence-corrected chi connectivity index (χ2v) is 12.5. The van der Waals surface area contributed by atoms with Crippen molar-refractivity contribution in [3.63, 3.8) is 0 Å². The van der Waals surface area contributed by atoms with Crippen molar-refractivity contribution in [2.75, 3.05) is 19.0 Å². The quantitative estimate of drug-likeness (QED) is 0.183. The highest BCUT2D eigenvalue weighted by molar-refractivity contribution is 5.99. The normalized spacial score (nSPS) is 12.5. The summed E-state index contributed by atoms with van der Waals surface area (Å²) < 4.78 is 10.8. The Morgan fingerprint density at radius 3 is 2.18 bits per heavy atom. The highest BCUT2D eigenvalue weighted by Crippen LogP contribution is 2.29. The average molecular weight is 616 g/mol. The first-order chi connectivity index (χ1) is 21.4. The highest BCUT2D eigenvalue weighted by atomic mass is 16.6. The molecular weight excluding hydrogens is 566 g/mol. The number of hydrogen-bond acceptors (Lipinski definition) is 5. The van der Waals surface area contributed by atoms with E-state index < -0.39 is 23.8 Å². The van der Waals surface area contributed by atoms with Crippen molar-refractivity contribution in [1.29, 1.82) is 0 Å². The number of carbonyl (C=O) groups is 3. The van der Waals surface area contributed by atoms with E-state index in [1.807, 2.05) is 62.4 Å². The molecule has 3 aromatic rings. The molecule has 2 unspecified atom stereocenters. The molecule has 8 heteroatoms. The van der Waals surface area contributed by atoms with E-state index >= 15 is 0 Å². The molecule has 0 aliphatic carbocycles. The van der Waals surface area contributed by atoms with Crippen molar-refractivity contribution < 1.29 is 23.9 Å². The number of ether oxygens (including phenoxy) is 2. The lowest BCUT2D eigenvalue weighted by Gasteiger charge is -2.35. The SMILES string of the molecule is CCCCCCN(C(=O)C(Cc1ccccc1)NC(=O)OC(C)(C)C)C(C(=O)Nc1ccc(OC)cc1)c1ccc(C)cc1C. The van der Waals surface area contributed by atoms with Crippen LogP contribution in [-0.2, 0) is 20.7 Å². The Kier molecular flexibility index (Phi) is 13.0. The number of alkyl carbamates (subject to hydrolysis) is 1. The van der Waals surface area contributed by atoms with Gasteiger partial charge in [0.2, 0.25) is 5.91 Å². The van der Waals surface area contributed by atoms with Crippen molar-refractivity contribution in [2.24, 2.45) is 0 Å². The molecule has 0 spiro atoms. The standard InChI is InChI=1S/C37H49N3O5/c1-8-9-10-14-23-40(35(42)32(25-28-15-12-11-13-16-28)39-36(43)45-37(4,5)6)33(31-22-17-26(2)24-27(31)3)34(41)38-29-18-20-30(44-7)21-19-29/h11-13,15-22,24,32-33H,8-10,14,23,25H2,1-7H3,(H,38,41)(H,39,43). The lowest BCUT2D eigenvalue weighted by Crippen LogP contribution is -2.53. The van der Waals surface area contributed by atoms with E-state index in [-0.39, 0.29) is 18.2 Å². The number of aryl methyl sites for hydroxylation is 2. The maximum atomic E-state index is 14.7. The van der Waals surface area contributed by atoms with Gasteiger partial charge in [-0.3, -0.25) is 9.59 Å². The zero-order chi connectivity index (χ0) is 33.0. The maximum Gasteiger partial charge on any atom is 0.408 e. The summed E-state index contributed by atoms with van der Waals surface area (Å²) in [7, 11) is 1.59. The molecule has 242 valence electrons. The van der Waals surface area contributed by atoms with Gasteiger partial charge in [-0.1, -0.05) is 80.3 Å². The van der Waals surface area contributed by atoms with Crippen LogP contribution in [0.5, 0.6) is 5.75 Å². The minimum atomic E-state index is -0.963. The molecule has 0 aliphatic heterocycles. The predicted octanol–water partition coefficient (Wildman–Crippen LogP) is 7.54. The first-order valence-electron chi connectivity index (χ1n) is 15.8. The van der Waals surface area contributed by atoms with E-state index in [2.05, 4.69) is 17.6 Å². The van der Waals surface area contributed by atoms with Gasteiger partial charge in [-0.05, 0) is 82.0 Å². The van der Waals surface area contributed by atoms with Gasteiger partial charge in [-0.15, -0.1) is 0 Å². The second-order valence-electron chi connectivity index (χ2n) is 12.5. The number of hydrogen-bond donors (Lipinski definition) is 2. The first-order valence-corrected chi connectivity index (χ1v) is 15.8. The molecule has 0 saturated carbocycles. The second kappa shape index (κ2) is 16.7. The summed E-state index contributed by atoms with van der Waals surface area (Å²) in [5.74, 6) is -0.0219. The van der Waals surface area contributed by atoms with Gasteiger partial charge in [0, 0.05) is 18.7 Å². The number of rotatable bonds is 14. The van der Waals surface area contributed by atoms with E-state index in [4.69, 9.17) is 9.47 Å². The number of methoxy groups -OCH3 is 1. The summed E-state index contributed by atoms with van der Waals surface area (Å²) in [4.78, 5) is 43.7. The number of nitrogens with one attached hydrogen (secondary N) is 2. The number of unbranched alkanes of at least 4 members (excludes halogenated alkanes) is 3. The Morgan fingerprint density at radius 1 is 0.889 bits per heavy atom. The maximum absolute atomic E-state index is 14.7. The molecule has 0 heterocycles. The molecule has 45 heavy (non-hydrogen) atoms. The Morgan fingerprint density at radius 2 is 1.58 bits per heavy atom. The highest BCUT2D eigenvalue weighted by Gasteiger charge is 2.37. The van der Waals surface area contributed by atoms with Gasteiger partial charge in [0.25, 0.3) is 5.91 Å². The van der Waals surface area contributed by atoms with Gasteiger partial charge in [-0.2, -0.15) is 0 Å². The van der Waals surface area contributed by atoms with Crippen molar-refractivity contribution in [3.05, 3.63) is 95.1 Å². The van der Waals surface area contributed by atoms with Gasteiger partial charge in [0.1, 0.15) is 23.4 Å². The number of amides is 3. The summed E-state index contributed by atoms with van der Waals surface area (Å²) in [5, 5.41) is 5.87. The zero-order valence-corrected chi connectivity index (χ0v) is 27.8. The van der Waals surface area contributed by atoms with Crippen molar-refractivity contribution in [1.82, 2.24) is 10.2 Å². The summed E-state index contributed by atoms with van der Waals surface area (Å²) in [6.07, 6.45) is 3.21. The third-order valence-corrected chi connectivity index (χ3v) is 7.44. The molecule has 0 saturated heterocycles. The van der Waals surface area contributed by atoms with Crippen LogP contribution in [0.1, 0.15) is 81.7 Å². The molecule has 3 rings (SSSR count). The molecule has 0 aromatic heterocycles. The van der Waals surface area contributed by atoms with E-state index in [1.54, 1.807) is 57.0 Å². The largest absolute Gasteiger partial charge is 0.497 e. The summed E-state index contributed by atoms with van der Waals surface area (Å²) in [6.45, 7) is 11.8. The number of benzene rings is 3. The molecule has 8 nitrogen and oxygen atoms in total. The average Bonchev–Trinajstić information content (AvgIpc) is 2.98. The molecule has 0 fully saturated rings. The lowest BCUT2D eigenvalue weighted by molar-refractivity contribution is -0.140. The van der Waals surface area contributed by atoms with Crippen molar-refractivity contribution in [3.8, 4) is 5.75 Å². The molecule has 2 atom stereocenters. The number of nitrogens with zero attached hydrogens (tertiary/aromatic N) is 1. The lowest BCUT2D eigenvalue weighted by atomic mass is 9.95. The van der Waals surface area contributed by atoms with Crippen LogP contribution in [-0.4, -0.2) is 48.1 Å².